The fourth-order valence-corrected chi connectivity index (χ4v) is 2.11. The molecule has 2 rings (SSSR count). The van der Waals surface area contributed by atoms with Crippen LogP contribution >= 0.6 is 0 Å². The van der Waals surface area contributed by atoms with Crippen molar-refractivity contribution in [2.24, 2.45) is 5.92 Å². The summed E-state index contributed by atoms with van der Waals surface area (Å²) in [7, 11) is 0. The molecular weight excluding hydrogens is 136 g/mol. The first kappa shape index (κ1) is 7.12. The van der Waals surface area contributed by atoms with Gasteiger partial charge in [-0.05, 0) is 38.8 Å². The van der Waals surface area contributed by atoms with E-state index in [0.29, 0.717) is 5.92 Å². The normalized spacial score (nSPS) is 38.1. The van der Waals surface area contributed by atoms with Gasteiger partial charge in [0, 0.05) is 12.0 Å². The minimum Gasteiger partial charge on any atom is -0.300 e. The van der Waals surface area contributed by atoms with Gasteiger partial charge in [-0.2, -0.15) is 5.26 Å². The molecule has 0 aromatic rings. The van der Waals surface area contributed by atoms with Crippen LogP contribution in [-0.4, -0.2) is 24.0 Å². The maximum atomic E-state index is 8.69. The van der Waals surface area contributed by atoms with Gasteiger partial charge in [0.15, 0.2) is 0 Å². The quantitative estimate of drug-likeness (QED) is 0.564. The Balaban J connectivity index is 1.84. The zero-order valence-electron chi connectivity index (χ0n) is 6.79. The van der Waals surface area contributed by atoms with E-state index in [1.807, 2.05) is 0 Å². The van der Waals surface area contributed by atoms with Crippen LogP contribution in [0.25, 0.3) is 0 Å². The molecule has 2 nitrogen and oxygen atoms in total. The van der Waals surface area contributed by atoms with Crippen molar-refractivity contribution in [3.8, 4) is 6.07 Å². The van der Waals surface area contributed by atoms with Crippen molar-refractivity contribution in [1.29, 1.82) is 5.26 Å². The van der Waals surface area contributed by atoms with E-state index >= 15 is 0 Å². The Kier molecular flexibility index (Phi) is 1.83. The van der Waals surface area contributed by atoms with Gasteiger partial charge < -0.3 is 4.90 Å². The van der Waals surface area contributed by atoms with E-state index in [9.17, 15) is 0 Å². The molecule has 2 fully saturated rings. The van der Waals surface area contributed by atoms with Gasteiger partial charge in [0.25, 0.3) is 0 Å². The molecule has 2 atom stereocenters. The predicted molar refractivity (Wildman–Crippen MR) is 42.9 cm³/mol. The van der Waals surface area contributed by atoms with E-state index in [0.717, 1.165) is 18.9 Å². The Morgan fingerprint density at radius 1 is 1.27 bits per heavy atom. The standard InChI is InChI=1S/C9H14N2/c10-7-8-2-3-9(6-8)11-4-1-5-11/h8-9H,1-6H2. The molecule has 11 heavy (non-hydrogen) atoms. The molecule has 0 amide bonds. The van der Waals surface area contributed by atoms with Crippen LogP contribution < -0.4 is 0 Å². The maximum Gasteiger partial charge on any atom is 0.0656 e. The van der Waals surface area contributed by atoms with Crippen LogP contribution in [0.5, 0.6) is 0 Å². The summed E-state index contributed by atoms with van der Waals surface area (Å²) in [6.07, 6.45) is 4.90. The van der Waals surface area contributed by atoms with E-state index in [2.05, 4.69) is 11.0 Å². The molecule has 2 aliphatic rings. The minimum atomic E-state index is 0.362. The van der Waals surface area contributed by atoms with E-state index in [1.54, 1.807) is 0 Å². The van der Waals surface area contributed by atoms with Crippen LogP contribution in [0.2, 0.25) is 0 Å². The summed E-state index contributed by atoms with van der Waals surface area (Å²) in [6, 6.07) is 3.13. The molecule has 2 unspecified atom stereocenters. The van der Waals surface area contributed by atoms with Gasteiger partial charge in [0.2, 0.25) is 0 Å². The van der Waals surface area contributed by atoms with Crippen LogP contribution in [0, 0.1) is 17.2 Å². The van der Waals surface area contributed by atoms with Crippen LogP contribution in [0.1, 0.15) is 25.7 Å². The first-order valence-electron chi connectivity index (χ1n) is 4.54. The molecule has 0 aromatic heterocycles. The minimum absolute atomic E-state index is 0.362. The first-order valence-corrected chi connectivity index (χ1v) is 4.54. The second-order valence-electron chi connectivity index (χ2n) is 3.68. The molecule has 1 heterocycles. The van der Waals surface area contributed by atoms with Gasteiger partial charge >= 0.3 is 0 Å². The Morgan fingerprint density at radius 3 is 2.55 bits per heavy atom. The average molecular weight is 150 g/mol. The average Bonchev–Trinajstić information content (AvgIpc) is 2.32. The van der Waals surface area contributed by atoms with Gasteiger partial charge in [-0.3, -0.25) is 0 Å². The Bertz CT molecular complexity index is 178. The molecule has 0 bridgehead atoms. The zero-order chi connectivity index (χ0) is 7.68. The topological polar surface area (TPSA) is 27.0 Å². The highest BCUT2D eigenvalue weighted by molar-refractivity contribution is 4.94. The third kappa shape index (κ3) is 1.25. The molecule has 1 saturated heterocycles. The van der Waals surface area contributed by atoms with E-state index < -0.39 is 0 Å². The summed E-state index contributed by atoms with van der Waals surface area (Å²) in [4.78, 5) is 2.53. The van der Waals surface area contributed by atoms with Gasteiger partial charge in [-0.1, -0.05) is 0 Å². The summed E-state index contributed by atoms with van der Waals surface area (Å²) >= 11 is 0. The van der Waals surface area contributed by atoms with Crippen molar-refractivity contribution in [3.63, 3.8) is 0 Å². The molecule has 1 aliphatic heterocycles. The lowest BCUT2D eigenvalue weighted by Gasteiger charge is -2.36. The van der Waals surface area contributed by atoms with Crippen molar-refractivity contribution >= 4 is 0 Å². The highest BCUT2D eigenvalue weighted by atomic mass is 15.2. The van der Waals surface area contributed by atoms with Gasteiger partial charge in [-0.25, -0.2) is 0 Å². The third-order valence-corrected chi connectivity index (χ3v) is 2.99. The SMILES string of the molecule is N#CC1CCC(N2CCC2)C1. The van der Waals surface area contributed by atoms with Crippen LogP contribution in [0.15, 0.2) is 0 Å². The highest BCUT2D eigenvalue weighted by Gasteiger charge is 2.31. The lowest BCUT2D eigenvalue weighted by atomic mass is 10.1. The zero-order valence-corrected chi connectivity index (χ0v) is 6.79. The second-order valence-corrected chi connectivity index (χ2v) is 3.68. The Labute approximate surface area is 67.8 Å². The monoisotopic (exact) mass is 150 g/mol. The van der Waals surface area contributed by atoms with Gasteiger partial charge in [0.05, 0.1) is 6.07 Å². The fraction of sp³-hybridized carbons (Fsp3) is 0.889. The van der Waals surface area contributed by atoms with Crippen molar-refractivity contribution in [2.45, 2.75) is 31.7 Å². The summed E-state index contributed by atoms with van der Waals surface area (Å²) in [5, 5.41) is 8.69. The van der Waals surface area contributed by atoms with Crippen molar-refractivity contribution in [2.75, 3.05) is 13.1 Å². The fourth-order valence-electron chi connectivity index (χ4n) is 2.11. The number of hydrogen-bond acceptors (Lipinski definition) is 2. The number of hydrogen-bond donors (Lipinski definition) is 0. The molecule has 60 valence electrons. The molecule has 0 aromatic carbocycles. The Hall–Kier alpha value is -0.550. The van der Waals surface area contributed by atoms with Crippen LogP contribution in [-0.2, 0) is 0 Å². The van der Waals surface area contributed by atoms with Crippen molar-refractivity contribution in [1.82, 2.24) is 4.90 Å². The van der Waals surface area contributed by atoms with E-state index in [4.69, 9.17) is 5.26 Å². The summed E-state index contributed by atoms with van der Waals surface area (Å²) in [6.45, 7) is 2.56. The molecule has 0 radical (unpaired) electrons. The van der Waals surface area contributed by atoms with E-state index in [-0.39, 0.29) is 0 Å². The molecule has 0 N–H and O–H groups in total. The number of nitrogens with zero attached hydrogens (tertiary/aromatic N) is 2. The second kappa shape index (κ2) is 2.83. The number of likely N-dealkylation sites (tertiary alicyclic amines) is 1. The van der Waals surface area contributed by atoms with Crippen molar-refractivity contribution < 1.29 is 0 Å². The van der Waals surface area contributed by atoms with Crippen LogP contribution in [0.4, 0.5) is 0 Å². The predicted octanol–water partition coefficient (Wildman–Crippen LogP) is 1.38. The molecule has 0 spiro atoms. The summed E-state index contributed by atoms with van der Waals surface area (Å²) in [5.74, 6) is 0.362. The van der Waals surface area contributed by atoms with Gasteiger partial charge in [-0.15, -0.1) is 0 Å². The molecule has 1 aliphatic carbocycles. The number of rotatable bonds is 1. The maximum absolute atomic E-state index is 8.69. The van der Waals surface area contributed by atoms with Crippen LogP contribution in [0.3, 0.4) is 0 Å². The van der Waals surface area contributed by atoms with Gasteiger partial charge in [0.1, 0.15) is 0 Å². The summed E-state index contributed by atoms with van der Waals surface area (Å²) in [5.41, 5.74) is 0. The molecule has 2 heteroatoms. The lowest BCUT2D eigenvalue weighted by Crippen LogP contribution is -2.43. The largest absolute Gasteiger partial charge is 0.300 e. The Morgan fingerprint density at radius 2 is 2.09 bits per heavy atom. The smallest absolute Gasteiger partial charge is 0.0656 e. The lowest BCUT2D eigenvalue weighted by molar-refractivity contribution is 0.119. The number of nitriles is 1. The molecular formula is C9H14N2. The first-order chi connectivity index (χ1) is 5.40. The molecule has 1 saturated carbocycles. The van der Waals surface area contributed by atoms with E-state index in [1.165, 1.54) is 25.9 Å². The third-order valence-electron chi connectivity index (χ3n) is 2.99. The summed E-state index contributed by atoms with van der Waals surface area (Å²) < 4.78 is 0. The highest BCUT2D eigenvalue weighted by Crippen LogP contribution is 2.30. The van der Waals surface area contributed by atoms with Crippen molar-refractivity contribution in [3.05, 3.63) is 0 Å².